The van der Waals surface area contributed by atoms with Crippen LogP contribution >= 0.6 is 11.6 Å². The summed E-state index contributed by atoms with van der Waals surface area (Å²) < 4.78 is 0. The molecular formula is C24H33ClN2O. The van der Waals surface area contributed by atoms with Gasteiger partial charge in [-0.2, -0.15) is 0 Å². The molecule has 0 aromatic heterocycles. The zero-order valence-electron chi connectivity index (χ0n) is 16.8. The van der Waals surface area contributed by atoms with Crippen molar-refractivity contribution in [2.24, 2.45) is 22.5 Å². The van der Waals surface area contributed by atoms with Gasteiger partial charge in [-0.1, -0.05) is 30.3 Å². The number of amides is 1. The van der Waals surface area contributed by atoms with E-state index in [1.807, 2.05) is 0 Å². The Balaban J connectivity index is 1.46. The number of carbonyl (C=O) groups is 1. The first-order chi connectivity index (χ1) is 13.5. The fourth-order valence-electron chi connectivity index (χ4n) is 7.88. The summed E-state index contributed by atoms with van der Waals surface area (Å²) >= 11 is 6.33. The van der Waals surface area contributed by atoms with Gasteiger partial charge >= 0.3 is 0 Å². The fourth-order valence-corrected chi connectivity index (χ4v) is 8.25. The number of carbonyl (C=O) groups excluding carboxylic acids is 1. The summed E-state index contributed by atoms with van der Waals surface area (Å²) in [4.78, 5) is 13.8. The largest absolute Gasteiger partial charge is 0.353 e. The van der Waals surface area contributed by atoms with Crippen molar-refractivity contribution in [2.75, 3.05) is 5.88 Å². The molecular weight excluding hydrogens is 368 g/mol. The highest BCUT2D eigenvalue weighted by Gasteiger charge is 2.74. The molecule has 5 fully saturated rings. The Kier molecular flexibility index (Phi) is 4.56. The zero-order valence-corrected chi connectivity index (χ0v) is 17.5. The van der Waals surface area contributed by atoms with Gasteiger partial charge < -0.3 is 11.1 Å². The van der Waals surface area contributed by atoms with E-state index in [4.69, 9.17) is 17.3 Å². The molecule has 3 nitrogen and oxygen atoms in total. The normalized spacial score (nSPS) is 44.0. The minimum Gasteiger partial charge on any atom is -0.353 e. The van der Waals surface area contributed by atoms with Gasteiger partial charge in [0, 0.05) is 18.0 Å². The first-order valence-corrected chi connectivity index (χ1v) is 11.7. The molecule has 152 valence electrons. The summed E-state index contributed by atoms with van der Waals surface area (Å²) in [6.45, 7) is 0. The quantitative estimate of drug-likeness (QED) is 0.714. The van der Waals surface area contributed by atoms with E-state index in [0.717, 1.165) is 51.4 Å². The molecule has 0 heterocycles. The van der Waals surface area contributed by atoms with Crippen LogP contribution in [0.25, 0.3) is 0 Å². The van der Waals surface area contributed by atoms with Gasteiger partial charge in [0.05, 0.1) is 5.41 Å². The molecule has 6 rings (SSSR count). The Morgan fingerprint density at radius 2 is 1.82 bits per heavy atom. The lowest BCUT2D eigenvalue weighted by Gasteiger charge is -2.41. The summed E-state index contributed by atoms with van der Waals surface area (Å²) in [6, 6.07) is 11.6. The Bertz CT molecular complexity index is 746. The lowest BCUT2D eigenvalue weighted by molar-refractivity contribution is -0.137. The highest BCUT2D eigenvalue weighted by Crippen LogP contribution is 2.77. The summed E-state index contributed by atoms with van der Waals surface area (Å²) in [5.41, 5.74) is 7.55. The first-order valence-electron chi connectivity index (χ1n) is 11.2. The van der Waals surface area contributed by atoms with E-state index in [-0.39, 0.29) is 16.2 Å². The highest BCUT2D eigenvalue weighted by atomic mass is 35.5. The van der Waals surface area contributed by atoms with Gasteiger partial charge in [0.2, 0.25) is 5.91 Å². The van der Waals surface area contributed by atoms with Crippen molar-refractivity contribution in [2.45, 2.75) is 81.7 Å². The number of benzene rings is 1. The number of rotatable bonds is 5. The van der Waals surface area contributed by atoms with Crippen LogP contribution in [-0.4, -0.2) is 23.9 Å². The molecule has 5 aliphatic rings. The molecule has 1 amide bonds. The molecule has 0 spiro atoms. The number of halogens is 1. The third-order valence-corrected chi connectivity index (χ3v) is 9.02. The van der Waals surface area contributed by atoms with Gasteiger partial charge in [-0.3, -0.25) is 4.79 Å². The van der Waals surface area contributed by atoms with Crippen molar-refractivity contribution in [1.82, 2.24) is 5.32 Å². The molecule has 4 heteroatoms. The standard InChI is InChI=1S/C24H33ClN2O/c25-11-10-23-13-17-12-22(15-23,18-4-2-1-3-5-18)16-24(23,14-17)21(28)27-20-8-6-19(26)7-9-20/h1-5,17,19-20H,6-16,26H2,(H,27,28)/t17?,19?,20?,22-,23-,24?/m1/s1. The van der Waals surface area contributed by atoms with Gasteiger partial charge in [0.25, 0.3) is 0 Å². The van der Waals surface area contributed by atoms with E-state index in [2.05, 4.69) is 35.6 Å². The maximum atomic E-state index is 13.8. The van der Waals surface area contributed by atoms with Gasteiger partial charge in [-0.25, -0.2) is 0 Å². The Hall–Kier alpha value is -1.06. The Labute approximate surface area is 173 Å². The van der Waals surface area contributed by atoms with Crippen molar-refractivity contribution in [1.29, 1.82) is 0 Å². The minimum atomic E-state index is -0.222. The highest BCUT2D eigenvalue weighted by molar-refractivity contribution is 6.17. The molecule has 0 aliphatic heterocycles. The van der Waals surface area contributed by atoms with Gasteiger partial charge in [-0.05, 0) is 86.5 Å². The SMILES string of the molecule is NC1CCC(NC(=O)C23CC4C[C@](c5ccccc5)(C2)C[C@@]3(CCCl)C4)CC1. The van der Waals surface area contributed by atoms with Crippen molar-refractivity contribution in [3.8, 4) is 0 Å². The van der Waals surface area contributed by atoms with Crippen LogP contribution in [0.2, 0.25) is 0 Å². The molecule has 28 heavy (non-hydrogen) atoms. The topological polar surface area (TPSA) is 55.1 Å². The summed E-state index contributed by atoms with van der Waals surface area (Å²) in [6.07, 6.45) is 10.7. The van der Waals surface area contributed by atoms with Crippen LogP contribution in [0, 0.1) is 16.7 Å². The summed E-state index contributed by atoms with van der Waals surface area (Å²) in [5.74, 6) is 1.65. The average Bonchev–Trinajstić information content (AvgIpc) is 3.03. The monoisotopic (exact) mass is 400 g/mol. The zero-order chi connectivity index (χ0) is 19.4. The molecule has 5 saturated carbocycles. The van der Waals surface area contributed by atoms with E-state index >= 15 is 0 Å². The van der Waals surface area contributed by atoms with Crippen molar-refractivity contribution < 1.29 is 4.79 Å². The predicted molar refractivity (Wildman–Crippen MR) is 113 cm³/mol. The smallest absolute Gasteiger partial charge is 0.227 e. The van der Waals surface area contributed by atoms with Crippen LogP contribution in [0.5, 0.6) is 0 Å². The second-order valence-electron chi connectivity index (χ2n) is 10.4. The summed E-state index contributed by atoms with van der Waals surface area (Å²) in [7, 11) is 0. The fraction of sp³-hybridized carbons (Fsp3) is 0.708. The van der Waals surface area contributed by atoms with Crippen molar-refractivity contribution in [3.63, 3.8) is 0 Å². The minimum absolute atomic E-state index is 0.0860. The second-order valence-corrected chi connectivity index (χ2v) is 10.7. The lowest BCUT2D eigenvalue weighted by atomic mass is 9.63. The molecule has 3 N–H and O–H groups in total. The van der Waals surface area contributed by atoms with Crippen LogP contribution in [0.15, 0.2) is 30.3 Å². The first kappa shape index (κ1) is 18.9. The van der Waals surface area contributed by atoms with Crippen molar-refractivity contribution >= 4 is 17.5 Å². The number of hydrogen-bond acceptors (Lipinski definition) is 2. The predicted octanol–water partition coefficient (Wildman–Crippen LogP) is 4.52. The van der Waals surface area contributed by atoms with Crippen LogP contribution in [-0.2, 0) is 10.2 Å². The van der Waals surface area contributed by atoms with Crippen LogP contribution in [0.3, 0.4) is 0 Å². The molecule has 0 saturated heterocycles. The van der Waals surface area contributed by atoms with Gasteiger partial charge in [0.15, 0.2) is 0 Å². The number of hydrogen-bond donors (Lipinski definition) is 2. The van der Waals surface area contributed by atoms with E-state index in [1.54, 1.807) is 0 Å². The van der Waals surface area contributed by atoms with E-state index < -0.39 is 0 Å². The van der Waals surface area contributed by atoms with Crippen LogP contribution < -0.4 is 11.1 Å². The number of alkyl halides is 1. The number of nitrogens with one attached hydrogen (secondary N) is 1. The maximum Gasteiger partial charge on any atom is 0.227 e. The van der Waals surface area contributed by atoms with Crippen LogP contribution in [0.1, 0.15) is 69.8 Å². The average molecular weight is 401 g/mol. The Morgan fingerprint density at radius 3 is 2.54 bits per heavy atom. The lowest BCUT2D eigenvalue weighted by Crippen LogP contribution is -2.51. The second kappa shape index (κ2) is 6.74. The van der Waals surface area contributed by atoms with E-state index in [0.29, 0.717) is 29.8 Å². The Morgan fingerprint density at radius 1 is 1.07 bits per heavy atom. The molecule has 1 aromatic carbocycles. The molecule has 5 aliphatic carbocycles. The van der Waals surface area contributed by atoms with Gasteiger partial charge in [-0.15, -0.1) is 11.6 Å². The van der Waals surface area contributed by atoms with E-state index in [1.165, 1.54) is 18.4 Å². The molecule has 1 aromatic rings. The van der Waals surface area contributed by atoms with E-state index in [9.17, 15) is 4.79 Å². The maximum absolute atomic E-state index is 13.8. The molecule has 0 radical (unpaired) electrons. The molecule has 4 bridgehead atoms. The molecule has 4 atom stereocenters. The van der Waals surface area contributed by atoms with Crippen LogP contribution in [0.4, 0.5) is 0 Å². The molecule has 2 unspecified atom stereocenters. The summed E-state index contributed by atoms with van der Waals surface area (Å²) in [5, 5.41) is 3.50. The number of nitrogens with two attached hydrogens (primary N) is 1. The third-order valence-electron chi connectivity index (χ3n) is 8.83. The van der Waals surface area contributed by atoms with Crippen molar-refractivity contribution in [3.05, 3.63) is 35.9 Å². The van der Waals surface area contributed by atoms with Gasteiger partial charge in [0.1, 0.15) is 0 Å². The third kappa shape index (κ3) is 2.69.